The van der Waals surface area contributed by atoms with Crippen molar-refractivity contribution in [2.24, 2.45) is 0 Å². The zero-order valence-electron chi connectivity index (χ0n) is 11.2. The van der Waals surface area contributed by atoms with Gasteiger partial charge in [-0.3, -0.25) is 4.79 Å². The van der Waals surface area contributed by atoms with Crippen LogP contribution in [0.15, 0.2) is 12.7 Å². The maximum absolute atomic E-state index is 12.1. The van der Waals surface area contributed by atoms with E-state index < -0.39 is 5.97 Å². The molecular weight excluding hydrogens is 278 g/mol. The second kappa shape index (κ2) is 5.96. The summed E-state index contributed by atoms with van der Waals surface area (Å²) in [5, 5.41) is 6.38. The average Bonchev–Trinajstić information content (AvgIpc) is 3.18. The van der Waals surface area contributed by atoms with Crippen LogP contribution in [-0.4, -0.2) is 31.6 Å². The van der Waals surface area contributed by atoms with E-state index >= 15 is 0 Å². The zero-order chi connectivity index (χ0) is 14.7. The van der Waals surface area contributed by atoms with Crippen LogP contribution in [0.3, 0.4) is 0 Å². The van der Waals surface area contributed by atoms with E-state index in [1.165, 1.54) is 7.11 Å². The molecule has 4 N–H and O–H groups in total. The molecule has 2 rings (SSSR count). The van der Waals surface area contributed by atoms with E-state index in [-0.39, 0.29) is 23.2 Å². The largest absolute Gasteiger partial charge is 0.465 e. The van der Waals surface area contributed by atoms with Crippen LogP contribution in [0.4, 0.5) is 10.7 Å². The summed E-state index contributed by atoms with van der Waals surface area (Å²) in [6.07, 6.45) is 3.63. The van der Waals surface area contributed by atoms with Crippen LogP contribution in [0.2, 0.25) is 0 Å². The maximum atomic E-state index is 12.1. The zero-order valence-corrected chi connectivity index (χ0v) is 12.0. The lowest BCUT2D eigenvalue weighted by Crippen LogP contribution is -2.25. The van der Waals surface area contributed by atoms with E-state index in [0.29, 0.717) is 16.4 Å². The molecular formula is C13H17N3O3S. The smallest absolute Gasteiger partial charge is 0.343 e. The van der Waals surface area contributed by atoms with Crippen LogP contribution in [0.1, 0.15) is 32.9 Å². The second-order valence-electron chi connectivity index (χ2n) is 4.46. The van der Waals surface area contributed by atoms with E-state index in [4.69, 9.17) is 10.5 Å². The summed E-state index contributed by atoms with van der Waals surface area (Å²) < 4.78 is 4.71. The number of thiophene rings is 1. The Hall–Kier alpha value is -2.02. The molecule has 0 radical (unpaired) electrons. The number of anilines is 2. The van der Waals surface area contributed by atoms with Gasteiger partial charge < -0.3 is 21.1 Å². The summed E-state index contributed by atoms with van der Waals surface area (Å²) in [6.45, 7) is 4.06. The molecule has 0 atom stereocenters. The van der Waals surface area contributed by atoms with Gasteiger partial charge in [0.25, 0.3) is 5.91 Å². The van der Waals surface area contributed by atoms with Gasteiger partial charge in [-0.15, -0.1) is 17.9 Å². The molecule has 1 aliphatic carbocycles. The van der Waals surface area contributed by atoms with Gasteiger partial charge in [0.1, 0.15) is 15.4 Å². The number of carbonyl (C=O) groups excluding carboxylic acids is 2. The van der Waals surface area contributed by atoms with Crippen LogP contribution in [0.25, 0.3) is 0 Å². The van der Waals surface area contributed by atoms with Gasteiger partial charge in [-0.1, -0.05) is 6.08 Å². The minimum Gasteiger partial charge on any atom is -0.465 e. The fourth-order valence-electron chi connectivity index (χ4n) is 1.69. The molecule has 108 valence electrons. The third kappa shape index (κ3) is 2.93. The van der Waals surface area contributed by atoms with Gasteiger partial charge in [0.2, 0.25) is 0 Å². The fourth-order valence-corrected chi connectivity index (χ4v) is 2.70. The minimum absolute atomic E-state index is 0.159. The fraction of sp³-hybridized carbons (Fsp3) is 0.385. The molecule has 0 unspecified atom stereocenters. The number of methoxy groups -OCH3 is 1. The quantitative estimate of drug-likeness (QED) is 0.547. The molecule has 1 aromatic rings. The molecule has 1 amide bonds. The highest BCUT2D eigenvalue weighted by atomic mass is 32.1. The van der Waals surface area contributed by atoms with Gasteiger partial charge in [0.15, 0.2) is 0 Å². The Labute approximate surface area is 121 Å². The SMILES string of the molecule is C=CCNc1sc(C(=O)NC2CC2)c(N)c1C(=O)OC. The summed E-state index contributed by atoms with van der Waals surface area (Å²) in [5.41, 5.74) is 6.30. The number of hydrogen-bond acceptors (Lipinski definition) is 6. The Kier molecular flexibility index (Phi) is 4.29. The number of nitrogen functional groups attached to an aromatic ring is 1. The summed E-state index contributed by atoms with van der Waals surface area (Å²) in [5.74, 6) is -0.803. The number of esters is 1. The molecule has 0 spiro atoms. The summed E-state index contributed by atoms with van der Waals surface area (Å²) in [6, 6.07) is 0.232. The van der Waals surface area contributed by atoms with Crippen LogP contribution in [0, 0.1) is 0 Å². The van der Waals surface area contributed by atoms with Gasteiger partial charge >= 0.3 is 5.97 Å². The molecule has 0 aromatic carbocycles. The molecule has 1 heterocycles. The van der Waals surface area contributed by atoms with Crippen molar-refractivity contribution in [1.82, 2.24) is 5.32 Å². The van der Waals surface area contributed by atoms with E-state index in [9.17, 15) is 9.59 Å². The van der Waals surface area contributed by atoms with Crippen LogP contribution >= 0.6 is 11.3 Å². The lowest BCUT2D eigenvalue weighted by Gasteiger charge is -2.04. The molecule has 1 fully saturated rings. The average molecular weight is 295 g/mol. The van der Waals surface area contributed by atoms with E-state index in [1.54, 1.807) is 6.08 Å². The molecule has 6 nitrogen and oxygen atoms in total. The molecule has 1 aromatic heterocycles. The predicted molar refractivity (Wildman–Crippen MR) is 79.2 cm³/mol. The molecule has 0 aliphatic heterocycles. The Bertz CT molecular complexity index is 549. The monoisotopic (exact) mass is 295 g/mol. The molecule has 0 bridgehead atoms. The van der Waals surface area contributed by atoms with Gasteiger partial charge in [0.05, 0.1) is 12.8 Å². The maximum Gasteiger partial charge on any atom is 0.343 e. The summed E-state index contributed by atoms with van der Waals surface area (Å²) >= 11 is 1.15. The van der Waals surface area contributed by atoms with Crippen LogP contribution in [0.5, 0.6) is 0 Å². The Morgan fingerprint density at radius 2 is 2.25 bits per heavy atom. The van der Waals surface area contributed by atoms with Gasteiger partial charge in [-0.25, -0.2) is 4.79 Å². The normalized spacial score (nSPS) is 13.7. The van der Waals surface area contributed by atoms with Crippen molar-refractivity contribution in [2.45, 2.75) is 18.9 Å². The summed E-state index contributed by atoms with van der Waals surface area (Å²) in [4.78, 5) is 24.2. The molecule has 20 heavy (non-hydrogen) atoms. The highest BCUT2D eigenvalue weighted by molar-refractivity contribution is 7.19. The Balaban J connectivity index is 2.31. The minimum atomic E-state index is -0.559. The summed E-state index contributed by atoms with van der Waals surface area (Å²) in [7, 11) is 1.28. The van der Waals surface area contributed by atoms with Crippen LogP contribution < -0.4 is 16.4 Å². The second-order valence-corrected chi connectivity index (χ2v) is 5.48. The van der Waals surface area contributed by atoms with Gasteiger partial charge in [-0.2, -0.15) is 0 Å². The number of nitrogens with one attached hydrogen (secondary N) is 2. The molecule has 7 heteroatoms. The lowest BCUT2D eigenvalue weighted by atomic mass is 10.2. The first-order chi connectivity index (χ1) is 9.58. The molecule has 1 saturated carbocycles. The van der Waals surface area contributed by atoms with Crippen molar-refractivity contribution in [3.63, 3.8) is 0 Å². The van der Waals surface area contributed by atoms with Crippen molar-refractivity contribution in [3.8, 4) is 0 Å². The first-order valence-corrected chi connectivity index (χ1v) is 7.06. The van der Waals surface area contributed by atoms with Crippen molar-refractivity contribution in [3.05, 3.63) is 23.1 Å². The molecule has 0 saturated heterocycles. The number of nitrogens with two attached hydrogens (primary N) is 1. The standard InChI is InChI=1S/C13H17N3O3S/c1-3-6-15-12-8(13(18)19-2)9(14)10(20-12)11(17)16-7-4-5-7/h3,7,15H,1,4-6,14H2,2H3,(H,16,17). The first-order valence-electron chi connectivity index (χ1n) is 6.24. The molecule has 1 aliphatic rings. The van der Waals surface area contributed by atoms with Crippen molar-refractivity contribution >= 4 is 33.9 Å². The van der Waals surface area contributed by atoms with E-state index in [1.807, 2.05) is 0 Å². The third-order valence-corrected chi connectivity index (χ3v) is 4.02. The lowest BCUT2D eigenvalue weighted by molar-refractivity contribution is 0.0603. The van der Waals surface area contributed by atoms with Crippen LogP contribution in [-0.2, 0) is 4.74 Å². The topological polar surface area (TPSA) is 93.5 Å². The van der Waals surface area contributed by atoms with E-state index in [0.717, 1.165) is 24.2 Å². The number of hydrogen-bond donors (Lipinski definition) is 3. The first kappa shape index (κ1) is 14.4. The highest BCUT2D eigenvalue weighted by Gasteiger charge is 2.29. The van der Waals surface area contributed by atoms with Crippen molar-refractivity contribution in [2.75, 3.05) is 24.7 Å². The van der Waals surface area contributed by atoms with Crippen molar-refractivity contribution < 1.29 is 14.3 Å². The predicted octanol–water partition coefficient (Wildman–Crippen LogP) is 1.61. The Morgan fingerprint density at radius 1 is 1.55 bits per heavy atom. The number of amides is 1. The highest BCUT2D eigenvalue weighted by Crippen LogP contribution is 2.36. The van der Waals surface area contributed by atoms with Gasteiger partial charge in [-0.05, 0) is 12.8 Å². The Morgan fingerprint density at radius 3 is 2.80 bits per heavy atom. The van der Waals surface area contributed by atoms with Gasteiger partial charge in [0, 0.05) is 12.6 Å². The number of ether oxygens (including phenoxy) is 1. The number of carbonyl (C=O) groups is 2. The van der Waals surface area contributed by atoms with Crippen molar-refractivity contribution in [1.29, 1.82) is 0 Å². The number of rotatable bonds is 6. The third-order valence-electron chi connectivity index (χ3n) is 2.86. The van der Waals surface area contributed by atoms with E-state index in [2.05, 4.69) is 17.2 Å².